The van der Waals surface area contributed by atoms with Crippen molar-refractivity contribution in [2.75, 3.05) is 0 Å². The second-order valence-corrected chi connectivity index (χ2v) is 15.7. The van der Waals surface area contributed by atoms with Gasteiger partial charge in [-0.05, 0) is 70.2 Å². The van der Waals surface area contributed by atoms with Gasteiger partial charge in [-0.1, -0.05) is 83.3 Å². The maximum Gasteiger partial charge on any atom is 2.00 e. The van der Waals surface area contributed by atoms with Crippen molar-refractivity contribution in [3.63, 3.8) is 0 Å². The molecule has 1 aliphatic heterocycles. The van der Waals surface area contributed by atoms with Crippen LogP contribution in [0.4, 0.5) is 0 Å². The largest absolute Gasteiger partial charge is 2.00 e. The van der Waals surface area contributed by atoms with Gasteiger partial charge in [-0.25, -0.2) is 4.98 Å². The van der Waals surface area contributed by atoms with Gasteiger partial charge in [0.15, 0.2) is 0 Å². The first-order valence-electron chi connectivity index (χ1n) is 17.3. The van der Waals surface area contributed by atoms with Gasteiger partial charge in [0.25, 0.3) is 0 Å². The second kappa shape index (κ2) is 12.5. The number of aliphatic imine (C=N–C) groups is 1. The molecule has 3 aromatic carbocycles. The molecule has 6 heteroatoms. The zero-order chi connectivity index (χ0) is 33.3. The smallest absolute Gasteiger partial charge is 0.503 e. The van der Waals surface area contributed by atoms with Gasteiger partial charge < -0.3 is 19.2 Å². The van der Waals surface area contributed by atoms with E-state index in [2.05, 4.69) is 126 Å². The Kier molecular flexibility index (Phi) is 8.95. The van der Waals surface area contributed by atoms with Crippen molar-refractivity contribution in [1.82, 2.24) is 14.5 Å². The fourth-order valence-corrected chi connectivity index (χ4v) is 8.16. The van der Waals surface area contributed by atoms with E-state index in [1.807, 2.05) is 18.3 Å². The molecule has 5 nitrogen and oxygen atoms in total. The maximum absolute atomic E-state index is 6.66. The second-order valence-electron chi connectivity index (χ2n) is 15.7. The van der Waals surface area contributed by atoms with Crippen molar-refractivity contribution in [3.8, 4) is 17.2 Å². The van der Waals surface area contributed by atoms with Gasteiger partial charge in [0, 0.05) is 40.3 Å². The Morgan fingerprint density at radius 1 is 0.812 bits per heavy atom. The summed E-state index contributed by atoms with van der Waals surface area (Å²) in [6.07, 6.45) is 8.13. The molecule has 0 saturated heterocycles. The summed E-state index contributed by atoms with van der Waals surface area (Å²) in [5.74, 6) is 2.38. The minimum Gasteiger partial charge on any atom is -0.503 e. The fraction of sp³-hybridized carbons (Fsp3) is 0.429. The fourth-order valence-electron chi connectivity index (χ4n) is 8.16. The Labute approximate surface area is 301 Å². The van der Waals surface area contributed by atoms with Crippen LogP contribution in [-0.2, 0) is 21.1 Å². The van der Waals surface area contributed by atoms with Crippen LogP contribution in [0.3, 0.4) is 0 Å². The van der Waals surface area contributed by atoms with Crippen molar-refractivity contribution in [2.45, 2.75) is 112 Å². The summed E-state index contributed by atoms with van der Waals surface area (Å²) < 4.78 is 8.85. The van der Waals surface area contributed by atoms with Gasteiger partial charge >= 0.3 is 21.1 Å². The van der Waals surface area contributed by atoms with Gasteiger partial charge in [-0.2, -0.15) is 5.56 Å². The maximum atomic E-state index is 6.66. The summed E-state index contributed by atoms with van der Waals surface area (Å²) in [6.45, 7) is 20.5. The van der Waals surface area contributed by atoms with Gasteiger partial charge in [0.05, 0.1) is 16.6 Å². The molecule has 0 amide bonds. The predicted octanol–water partition coefficient (Wildman–Crippen LogP) is 10.5. The third-order valence-corrected chi connectivity index (χ3v) is 11.1. The molecule has 1 atom stereocenters. The molecular weight excluding hydrogens is 772 g/mol. The van der Waals surface area contributed by atoms with E-state index >= 15 is 0 Å². The molecular formula is C42H48N4OPt. The normalized spacial score (nSPS) is 19.9. The van der Waals surface area contributed by atoms with E-state index in [0.717, 1.165) is 44.8 Å². The average Bonchev–Trinajstić information content (AvgIpc) is 3.45. The third-order valence-electron chi connectivity index (χ3n) is 11.1. The standard InChI is InChI=1S/C42H48N4O.Pt/c1-27-17-18-37-36(24-27)35-16-13-19-43-39(35)45(37)32-21-29(3)23-34(26-32)47-33-22-28(2)20-30(25-33)38-44-42(9,40(4,5)6)41(7,8)46(38)31-14-11-10-12-15-31;/h13,16-24,31H,10-12,14-15H2,1-9H3;/q-2;+2/t42-;/m1./s1. The number of fused-ring (bicyclic) bond motifs is 3. The zero-order valence-corrected chi connectivity index (χ0v) is 32.2. The van der Waals surface area contributed by atoms with E-state index in [4.69, 9.17) is 14.7 Å². The van der Waals surface area contributed by atoms with Gasteiger partial charge in [0.1, 0.15) is 5.65 Å². The monoisotopic (exact) mass is 819 g/mol. The van der Waals surface area contributed by atoms with Crippen LogP contribution < -0.4 is 4.74 Å². The van der Waals surface area contributed by atoms with E-state index in [1.54, 1.807) is 0 Å². The van der Waals surface area contributed by atoms with Gasteiger partial charge in [0.2, 0.25) is 0 Å². The number of amidine groups is 1. The molecule has 48 heavy (non-hydrogen) atoms. The van der Waals surface area contributed by atoms with Gasteiger partial charge in [-0.3, -0.25) is 0 Å². The summed E-state index contributed by atoms with van der Waals surface area (Å²) in [6, 6.07) is 26.9. The van der Waals surface area contributed by atoms with Crippen LogP contribution in [0.5, 0.6) is 11.5 Å². The molecule has 7 rings (SSSR count). The molecule has 3 heterocycles. The van der Waals surface area contributed by atoms with E-state index in [-0.39, 0.29) is 37.6 Å². The Hall–Kier alpha value is -3.43. The van der Waals surface area contributed by atoms with E-state index < -0.39 is 0 Å². The van der Waals surface area contributed by atoms with Crippen LogP contribution in [0.1, 0.15) is 95.9 Å². The summed E-state index contributed by atoms with van der Waals surface area (Å²) in [5, 5.41) is 2.32. The summed E-state index contributed by atoms with van der Waals surface area (Å²) in [5.41, 5.74) is 6.90. The molecule has 0 unspecified atom stereocenters. The number of aromatic nitrogens is 2. The molecule has 2 aromatic heterocycles. The van der Waals surface area contributed by atoms with Crippen LogP contribution in [0.25, 0.3) is 27.6 Å². The van der Waals surface area contributed by atoms with Crippen LogP contribution >= 0.6 is 0 Å². The van der Waals surface area contributed by atoms with Crippen LogP contribution in [0, 0.1) is 38.3 Å². The van der Waals surface area contributed by atoms with E-state index in [0.29, 0.717) is 17.5 Å². The SMILES string of the molecule is Cc1cc(Oc2[c-]c(-n3c4ccc(C)cc4c4cccnc43)cc(C)c2)[c-]c(C2=N[C@](C)(C(C)(C)C)C(C)(C)N2C2CCCCC2)c1.[Pt+2]. The van der Waals surface area contributed by atoms with Crippen molar-refractivity contribution in [1.29, 1.82) is 0 Å². The minimum atomic E-state index is -0.278. The molecule has 1 saturated carbocycles. The number of aryl methyl sites for hydroxylation is 3. The average molecular weight is 820 g/mol. The Bertz CT molecular complexity index is 2030. The third kappa shape index (κ3) is 5.70. The number of pyridine rings is 1. The molecule has 0 N–H and O–H groups in total. The Morgan fingerprint density at radius 2 is 1.50 bits per heavy atom. The first kappa shape index (κ1) is 34.4. The molecule has 1 fully saturated rings. The van der Waals surface area contributed by atoms with Crippen molar-refractivity contribution in [2.24, 2.45) is 10.4 Å². The van der Waals surface area contributed by atoms with Crippen molar-refractivity contribution >= 4 is 27.8 Å². The van der Waals surface area contributed by atoms with Crippen LogP contribution in [0.2, 0.25) is 0 Å². The number of nitrogens with zero attached hydrogens (tertiary/aromatic N) is 4. The molecule has 0 spiro atoms. The predicted molar refractivity (Wildman–Crippen MR) is 194 cm³/mol. The molecule has 252 valence electrons. The van der Waals surface area contributed by atoms with E-state index in [9.17, 15) is 0 Å². The van der Waals surface area contributed by atoms with E-state index in [1.165, 1.54) is 43.1 Å². The van der Waals surface area contributed by atoms with Gasteiger partial charge in [-0.15, -0.1) is 35.4 Å². The summed E-state index contributed by atoms with van der Waals surface area (Å²) >= 11 is 0. The quantitative estimate of drug-likeness (QED) is 0.166. The van der Waals surface area contributed by atoms with Crippen molar-refractivity contribution in [3.05, 3.63) is 95.2 Å². The van der Waals surface area contributed by atoms with Crippen LogP contribution in [-0.4, -0.2) is 37.4 Å². The molecule has 1 aliphatic carbocycles. The molecule has 5 aromatic rings. The number of rotatable bonds is 5. The Morgan fingerprint density at radius 3 is 2.21 bits per heavy atom. The number of benzene rings is 3. The summed E-state index contributed by atoms with van der Waals surface area (Å²) in [4.78, 5) is 13.1. The Balaban J connectivity index is 0.00000401. The van der Waals surface area contributed by atoms with Crippen molar-refractivity contribution < 1.29 is 25.8 Å². The topological polar surface area (TPSA) is 42.6 Å². The number of hydrogen-bond donors (Lipinski definition) is 0. The number of ether oxygens (including phenoxy) is 1. The minimum absolute atomic E-state index is 0. The zero-order valence-electron chi connectivity index (χ0n) is 29.9. The summed E-state index contributed by atoms with van der Waals surface area (Å²) in [7, 11) is 0. The van der Waals surface area contributed by atoms with Crippen LogP contribution in [0.15, 0.2) is 65.8 Å². The molecule has 0 bridgehead atoms. The first-order valence-corrected chi connectivity index (χ1v) is 17.3. The molecule has 2 aliphatic rings. The molecule has 0 radical (unpaired) electrons. The first-order chi connectivity index (χ1) is 22.3. The number of hydrogen-bond acceptors (Lipinski definition) is 4.